The van der Waals surface area contributed by atoms with Crippen LogP contribution in [0.25, 0.3) is 56.2 Å². The summed E-state index contributed by atoms with van der Waals surface area (Å²) in [5, 5.41) is 22.4. The maximum atomic E-state index is 13.4. The van der Waals surface area contributed by atoms with E-state index in [0.29, 0.717) is 59.7 Å². The topological polar surface area (TPSA) is 150 Å². The molecule has 2 aliphatic heterocycles. The molecule has 55 heavy (non-hydrogen) atoms. The normalized spacial score (nSPS) is 17.2. The molecule has 2 saturated heterocycles. The lowest BCUT2D eigenvalue weighted by Gasteiger charge is -2.14. The van der Waals surface area contributed by atoms with Crippen molar-refractivity contribution in [3.8, 4) is 51.9 Å². The molecule has 0 aliphatic carbocycles. The van der Waals surface area contributed by atoms with Gasteiger partial charge in [-0.1, -0.05) is 24.3 Å². The molecule has 2 aliphatic rings. The summed E-state index contributed by atoms with van der Waals surface area (Å²) in [6.45, 7) is 3.46. The minimum absolute atomic E-state index is 0.0206. The molecule has 0 amide bonds. The van der Waals surface area contributed by atoms with Crippen LogP contribution in [0.15, 0.2) is 69.5 Å². The number of fused-ring (bicyclic) bond motifs is 2. The molecule has 2 fully saturated rings. The quantitative estimate of drug-likeness (QED) is 0.135. The Morgan fingerprint density at radius 2 is 1.67 bits per heavy atom. The van der Waals surface area contributed by atoms with Gasteiger partial charge in [0.1, 0.15) is 35.5 Å². The first-order valence-corrected chi connectivity index (χ1v) is 18.1. The van der Waals surface area contributed by atoms with Crippen molar-refractivity contribution in [3.05, 3.63) is 88.5 Å². The van der Waals surface area contributed by atoms with Gasteiger partial charge in [0.25, 0.3) is 0 Å². The van der Waals surface area contributed by atoms with Gasteiger partial charge in [-0.2, -0.15) is 19.3 Å². The van der Waals surface area contributed by atoms with E-state index in [1.807, 2.05) is 62.4 Å². The van der Waals surface area contributed by atoms with Crippen LogP contribution in [0.3, 0.4) is 0 Å². The lowest BCUT2D eigenvalue weighted by atomic mass is 9.91. The first-order chi connectivity index (χ1) is 26.7. The number of carbonyl (C=O) groups is 1. The van der Waals surface area contributed by atoms with Crippen LogP contribution in [0.2, 0.25) is 0 Å². The second kappa shape index (κ2) is 14.9. The number of aromatic nitrogens is 2. The first kappa shape index (κ1) is 35.9. The van der Waals surface area contributed by atoms with E-state index < -0.39 is 18.6 Å². The number of hydrogen-bond acceptors (Lipinski definition) is 11. The molecule has 8 rings (SSSR count). The lowest BCUT2D eigenvalue weighted by molar-refractivity contribution is -0.147. The maximum Gasteiger partial charge on any atom is 0.387 e. The predicted molar refractivity (Wildman–Crippen MR) is 199 cm³/mol. The molecule has 2 aromatic heterocycles. The largest absolute Gasteiger partial charge is 0.460 e. The van der Waals surface area contributed by atoms with Gasteiger partial charge >= 0.3 is 12.6 Å². The van der Waals surface area contributed by atoms with Gasteiger partial charge < -0.3 is 23.6 Å². The third-order valence-corrected chi connectivity index (χ3v) is 10.5. The number of nitriles is 2. The Morgan fingerprint density at radius 1 is 0.964 bits per heavy atom. The molecule has 1 N–H and O–H groups in total. The molecule has 4 aromatic carbocycles. The number of benzene rings is 4. The SMILES string of the molecule is Cc1c(-c2nc3cc(COC(=O)[C@@H]4CCCN4)c(OC(F)F)cc3o2)cccc1-c1cccc(-c2nc3cc(CN4CCC(C#N)C4)cc(C#N)c3o2)c1C. The summed E-state index contributed by atoms with van der Waals surface area (Å²) in [5.74, 6) is 0.0883. The van der Waals surface area contributed by atoms with Gasteiger partial charge in [-0.25, -0.2) is 9.97 Å². The molecule has 13 heteroatoms. The third kappa shape index (κ3) is 7.12. The highest BCUT2D eigenvalue weighted by atomic mass is 19.3. The number of alkyl halides is 2. The smallest absolute Gasteiger partial charge is 0.387 e. The van der Waals surface area contributed by atoms with Crippen LogP contribution >= 0.6 is 0 Å². The van der Waals surface area contributed by atoms with Crippen molar-refractivity contribution in [2.75, 3.05) is 19.6 Å². The second-order valence-corrected chi connectivity index (χ2v) is 14.0. The molecule has 0 spiro atoms. The fourth-order valence-corrected chi connectivity index (χ4v) is 7.61. The molecule has 278 valence electrons. The van der Waals surface area contributed by atoms with Gasteiger partial charge in [-0.3, -0.25) is 9.69 Å². The second-order valence-electron chi connectivity index (χ2n) is 14.0. The number of nitrogens with zero attached hydrogens (tertiary/aromatic N) is 5. The van der Waals surface area contributed by atoms with Gasteiger partial charge in [-0.05, 0) is 104 Å². The molecule has 11 nitrogen and oxygen atoms in total. The molecule has 0 bridgehead atoms. The Bertz CT molecular complexity index is 2530. The van der Waals surface area contributed by atoms with Gasteiger partial charge in [-0.15, -0.1) is 0 Å². The Kier molecular flexibility index (Phi) is 9.74. The molecular formula is C42H36F2N6O5. The van der Waals surface area contributed by atoms with Crippen molar-refractivity contribution in [2.24, 2.45) is 5.92 Å². The minimum atomic E-state index is -3.09. The number of ether oxygens (including phenoxy) is 2. The fraction of sp³-hybridized carbons (Fsp3) is 0.310. The number of rotatable bonds is 10. The fourth-order valence-electron chi connectivity index (χ4n) is 7.61. The van der Waals surface area contributed by atoms with Crippen molar-refractivity contribution in [2.45, 2.75) is 58.9 Å². The maximum absolute atomic E-state index is 13.4. The molecule has 1 unspecified atom stereocenters. The average Bonchev–Trinajstić information content (AvgIpc) is 4.01. The van der Waals surface area contributed by atoms with E-state index in [1.54, 1.807) is 6.07 Å². The zero-order valence-electron chi connectivity index (χ0n) is 30.2. The highest BCUT2D eigenvalue weighted by Gasteiger charge is 2.26. The number of esters is 1. The van der Waals surface area contributed by atoms with Crippen molar-refractivity contribution >= 4 is 28.2 Å². The Morgan fingerprint density at radius 3 is 2.33 bits per heavy atom. The van der Waals surface area contributed by atoms with Crippen LogP contribution in [-0.2, 0) is 22.7 Å². The number of nitrogens with one attached hydrogen (secondary N) is 1. The highest BCUT2D eigenvalue weighted by Crippen LogP contribution is 2.39. The summed E-state index contributed by atoms with van der Waals surface area (Å²) in [4.78, 5) is 24.3. The van der Waals surface area contributed by atoms with Crippen LogP contribution in [-0.4, -0.2) is 53.1 Å². The van der Waals surface area contributed by atoms with Crippen molar-refractivity contribution in [1.29, 1.82) is 10.5 Å². The van der Waals surface area contributed by atoms with E-state index in [9.17, 15) is 24.1 Å². The molecule has 2 atom stereocenters. The summed E-state index contributed by atoms with van der Waals surface area (Å²) in [5.41, 5.74) is 8.31. The van der Waals surface area contributed by atoms with E-state index in [4.69, 9.17) is 28.3 Å². The Labute approximate surface area is 315 Å². The molecule has 6 aromatic rings. The van der Waals surface area contributed by atoms with Crippen LogP contribution in [0.1, 0.15) is 47.1 Å². The number of carbonyl (C=O) groups excluding carboxylic acids is 1. The van der Waals surface area contributed by atoms with Crippen molar-refractivity contribution in [3.63, 3.8) is 0 Å². The Balaban J connectivity index is 1.10. The van der Waals surface area contributed by atoms with Gasteiger partial charge in [0.15, 0.2) is 11.2 Å². The summed E-state index contributed by atoms with van der Waals surface area (Å²) in [7, 11) is 0. The number of oxazole rings is 2. The molecular weight excluding hydrogens is 706 g/mol. The number of hydrogen-bond donors (Lipinski definition) is 1. The van der Waals surface area contributed by atoms with Crippen LogP contribution in [0.5, 0.6) is 5.75 Å². The van der Waals surface area contributed by atoms with Crippen molar-refractivity contribution in [1.82, 2.24) is 20.2 Å². The summed E-state index contributed by atoms with van der Waals surface area (Å²) < 4.78 is 49.5. The van der Waals surface area contributed by atoms with E-state index in [1.165, 1.54) is 6.07 Å². The molecule has 4 heterocycles. The first-order valence-electron chi connectivity index (χ1n) is 18.1. The molecule has 0 saturated carbocycles. The Hall–Kier alpha value is -6.15. The van der Waals surface area contributed by atoms with E-state index in [0.717, 1.165) is 52.8 Å². The van der Waals surface area contributed by atoms with Crippen LogP contribution in [0, 0.1) is 42.4 Å². The number of halogens is 2. The monoisotopic (exact) mass is 742 g/mol. The van der Waals surface area contributed by atoms with Gasteiger partial charge in [0.05, 0.1) is 17.6 Å². The standard InChI is InChI=1S/C42H36F2N6O5/c1-23-29(6-3-8-31(23)39-48-34-16-28(22-52-41(51)33-10-5-12-47-33)36(54-42(43)44)17-37(34)53-39)30-7-4-9-32(24(30)2)40-49-35-15-26(14-27(19-46)38(35)55-40)21-50-13-11-25(18-45)20-50/h3-4,6-9,14-17,25,33,42,47H,5,10-13,20-22H2,1-2H3/t25?,33-/m0/s1. The lowest BCUT2D eigenvalue weighted by Crippen LogP contribution is -2.32. The van der Waals surface area contributed by atoms with E-state index >= 15 is 0 Å². The molecule has 0 radical (unpaired) electrons. The van der Waals surface area contributed by atoms with Crippen molar-refractivity contribution < 1.29 is 31.9 Å². The van der Waals surface area contributed by atoms with E-state index in [-0.39, 0.29) is 35.3 Å². The summed E-state index contributed by atoms with van der Waals surface area (Å²) >= 11 is 0. The third-order valence-electron chi connectivity index (χ3n) is 10.5. The summed E-state index contributed by atoms with van der Waals surface area (Å²) in [6.07, 6.45) is 2.35. The van der Waals surface area contributed by atoms with Gasteiger partial charge in [0, 0.05) is 35.8 Å². The van der Waals surface area contributed by atoms with Crippen LogP contribution in [0.4, 0.5) is 8.78 Å². The predicted octanol–water partition coefficient (Wildman–Crippen LogP) is 8.20. The number of likely N-dealkylation sites (tertiary alicyclic amines) is 1. The van der Waals surface area contributed by atoms with E-state index in [2.05, 4.69) is 22.4 Å². The zero-order chi connectivity index (χ0) is 38.2. The summed E-state index contributed by atoms with van der Waals surface area (Å²) in [6, 6.07) is 22.5. The zero-order valence-corrected chi connectivity index (χ0v) is 30.2. The minimum Gasteiger partial charge on any atom is -0.460 e. The highest BCUT2D eigenvalue weighted by molar-refractivity contribution is 5.86. The average molecular weight is 743 g/mol. The van der Waals surface area contributed by atoms with Gasteiger partial charge in [0.2, 0.25) is 11.8 Å². The van der Waals surface area contributed by atoms with Crippen LogP contribution < -0.4 is 10.1 Å².